The van der Waals surface area contributed by atoms with E-state index in [-0.39, 0.29) is 8.27 Å². The standard InChI is InChI=1S/C25H32N8O.2H2/c1-7-33-15-28-32-23(33)17-9-10-19(20(12-17)34-8-2)30-24-26-13-18-11-16(3)29-22(21(18)31-24)27-14-25(4,5)6;;/h9-13,15H,7-8,14H2,1-6H3,(H,27,29)(H,26,30,31);2*1H. The van der Waals surface area contributed by atoms with Crippen molar-refractivity contribution in [3.63, 3.8) is 0 Å². The largest absolute Gasteiger partial charge is 0.492 e. The summed E-state index contributed by atoms with van der Waals surface area (Å²) in [5.74, 6) is 2.73. The van der Waals surface area contributed by atoms with E-state index in [4.69, 9.17) is 9.72 Å². The molecular weight excluding hydrogens is 428 g/mol. The molecule has 0 spiro atoms. The summed E-state index contributed by atoms with van der Waals surface area (Å²) >= 11 is 0. The van der Waals surface area contributed by atoms with Crippen molar-refractivity contribution in [3.05, 3.63) is 42.5 Å². The third-order valence-electron chi connectivity index (χ3n) is 5.22. The van der Waals surface area contributed by atoms with Crippen LogP contribution in [-0.2, 0) is 6.54 Å². The molecule has 0 radical (unpaired) electrons. The van der Waals surface area contributed by atoms with Gasteiger partial charge in [-0.2, -0.15) is 0 Å². The lowest BCUT2D eigenvalue weighted by Crippen LogP contribution is -2.20. The number of ether oxygens (including phenoxy) is 1. The molecular formula is C25H36N8O. The van der Waals surface area contributed by atoms with Crippen molar-refractivity contribution < 1.29 is 7.59 Å². The maximum absolute atomic E-state index is 5.92. The molecule has 0 amide bonds. The van der Waals surface area contributed by atoms with Crippen LogP contribution in [0, 0.1) is 12.3 Å². The molecule has 2 N–H and O–H groups in total. The molecule has 3 aromatic heterocycles. The highest BCUT2D eigenvalue weighted by molar-refractivity contribution is 5.89. The van der Waals surface area contributed by atoms with Gasteiger partial charge in [-0.05, 0) is 50.5 Å². The minimum atomic E-state index is 0. The molecule has 9 nitrogen and oxygen atoms in total. The number of hydrogen-bond donors (Lipinski definition) is 2. The van der Waals surface area contributed by atoms with Crippen LogP contribution in [-0.4, -0.2) is 42.9 Å². The van der Waals surface area contributed by atoms with Crippen LogP contribution in [0.4, 0.5) is 17.5 Å². The fourth-order valence-corrected chi connectivity index (χ4v) is 3.58. The fourth-order valence-electron chi connectivity index (χ4n) is 3.58. The lowest BCUT2D eigenvalue weighted by atomic mass is 9.97. The van der Waals surface area contributed by atoms with Crippen molar-refractivity contribution >= 4 is 28.4 Å². The van der Waals surface area contributed by atoms with Crippen molar-refractivity contribution in [2.75, 3.05) is 23.8 Å². The number of pyridine rings is 1. The summed E-state index contributed by atoms with van der Waals surface area (Å²) < 4.78 is 7.92. The number of aryl methyl sites for hydroxylation is 2. The molecule has 3 heterocycles. The van der Waals surface area contributed by atoms with Crippen LogP contribution in [0.15, 0.2) is 36.8 Å². The van der Waals surface area contributed by atoms with E-state index in [0.717, 1.165) is 52.6 Å². The first-order chi connectivity index (χ1) is 16.3. The average molecular weight is 465 g/mol. The summed E-state index contributed by atoms with van der Waals surface area (Å²) in [5.41, 5.74) is 3.51. The first-order valence-corrected chi connectivity index (χ1v) is 11.6. The molecule has 0 saturated heterocycles. The first kappa shape index (κ1) is 23.4. The average Bonchev–Trinajstić information content (AvgIpc) is 3.27. The number of hydrogen-bond acceptors (Lipinski definition) is 8. The Hall–Kier alpha value is -3.75. The maximum atomic E-state index is 5.92. The number of aromatic nitrogens is 6. The second-order valence-corrected chi connectivity index (χ2v) is 9.37. The minimum absolute atomic E-state index is 0. The molecule has 182 valence electrons. The van der Waals surface area contributed by atoms with E-state index in [1.807, 2.05) is 48.9 Å². The second kappa shape index (κ2) is 9.62. The smallest absolute Gasteiger partial charge is 0.227 e. The Morgan fingerprint density at radius 3 is 2.68 bits per heavy atom. The van der Waals surface area contributed by atoms with E-state index in [2.05, 4.69) is 58.5 Å². The topological polar surface area (TPSA) is 103 Å². The van der Waals surface area contributed by atoms with Crippen LogP contribution < -0.4 is 15.4 Å². The van der Waals surface area contributed by atoms with E-state index in [1.54, 1.807) is 6.33 Å². The van der Waals surface area contributed by atoms with E-state index >= 15 is 0 Å². The Morgan fingerprint density at radius 2 is 1.94 bits per heavy atom. The zero-order valence-electron chi connectivity index (χ0n) is 20.7. The van der Waals surface area contributed by atoms with E-state index < -0.39 is 0 Å². The number of rotatable bonds is 8. The molecule has 0 bridgehead atoms. The SMILES string of the molecule is CCOc1cc(-c2nncn2CC)ccc1Nc1ncc2cc(C)nc(NCC(C)(C)C)c2n1.[HH].[HH]. The highest BCUT2D eigenvalue weighted by atomic mass is 16.5. The van der Waals surface area contributed by atoms with Crippen LogP contribution in [0.3, 0.4) is 0 Å². The van der Waals surface area contributed by atoms with Crippen LogP contribution >= 0.6 is 0 Å². The van der Waals surface area contributed by atoms with Crippen LogP contribution in [0.1, 0.15) is 43.2 Å². The van der Waals surface area contributed by atoms with Gasteiger partial charge in [0.05, 0.1) is 12.3 Å². The number of fused-ring (bicyclic) bond motifs is 1. The molecule has 9 heteroatoms. The Morgan fingerprint density at radius 1 is 1.12 bits per heavy atom. The van der Waals surface area contributed by atoms with Crippen LogP contribution in [0.25, 0.3) is 22.3 Å². The van der Waals surface area contributed by atoms with Crippen molar-refractivity contribution in [1.82, 2.24) is 29.7 Å². The number of nitrogens with one attached hydrogen (secondary N) is 2. The Bertz CT molecular complexity index is 1300. The van der Waals surface area contributed by atoms with Crippen LogP contribution in [0.2, 0.25) is 0 Å². The van der Waals surface area contributed by atoms with Gasteiger partial charge in [-0.3, -0.25) is 0 Å². The summed E-state index contributed by atoms with van der Waals surface area (Å²) in [6, 6.07) is 7.90. The third-order valence-corrected chi connectivity index (χ3v) is 5.22. The summed E-state index contributed by atoms with van der Waals surface area (Å²) in [7, 11) is 0. The summed E-state index contributed by atoms with van der Waals surface area (Å²) in [4.78, 5) is 14.0. The Labute approximate surface area is 203 Å². The first-order valence-electron chi connectivity index (χ1n) is 11.6. The lowest BCUT2D eigenvalue weighted by Gasteiger charge is -2.20. The highest BCUT2D eigenvalue weighted by Gasteiger charge is 2.15. The van der Waals surface area contributed by atoms with Gasteiger partial charge in [0.15, 0.2) is 11.6 Å². The molecule has 0 unspecified atom stereocenters. The Balaban J connectivity index is 0.00000228. The molecule has 1 aromatic carbocycles. The van der Waals surface area contributed by atoms with Crippen molar-refractivity contribution in [2.24, 2.45) is 5.41 Å². The third kappa shape index (κ3) is 5.24. The highest BCUT2D eigenvalue weighted by Crippen LogP contribution is 2.32. The second-order valence-electron chi connectivity index (χ2n) is 9.37. The summed E-state index contributed by atoms with van der Waals surface area (Å²) in [6.07, 6.45) is 3.55. The maximum Gasteiger partial charge on any atom is 0.227 e. The summed E-state index contributed by atoms with van der Waals surface area (Å²) in [6.45, 7) is 14.6. The van der Waals surface area contributed by atoms with Gasteiger partial charge in [0.2, 0.25) is 5.95 Å². The van der Waals surface area contributed by atoms with E-state index in [9.17, 15) is 0 Å². The number of nitrogens with zero attached hydrogens (tertiary/aromatic N) is 6. The molecule has 4 rings (SSSR count). The monoisotopic (exact) mass is 464 g/mol. The van der Waals surface area contributed by atoms with Gasteiger partial charge in [-0.1, -0.05) is 20.8 Å². The van der Waals surface area contributed by atoms with Crippen molar-refractivity contribution in [1.29, 1.82) is 0 Å². The van der Waals surface area contributed by atoms with E-state index in [0.29, 0.717) is 18.3 Å². The quantitative estimate of drug-likeness (QED) is 0.342. The van der Waals surface area contributed by atoms with E-state index in [1.165, 1.54) is 0 Å². The molecule has 0 aliphatic carbocycles. The Kier molecular flexibility index (Phi) is 6.63. The predicted molar refractivity (Wildman–Crippen MR) is 140 cm³/mol. The zero-order chi connectivity index (χ0) is 24.3. The van der Waals surface area contributed by atoms with Gasteiger partial charge in [0, 0.05) is 38.8 Å². The zero-order valence-corrected chi connectivity index (χ0v) is 20.7. The molecule has 34 heavy (non-hydrogen) atoms. The van der Waals surface area contributed by atoms with Gasteiger partial charge in [0.1, 0.15) is 17.6 Å². The van der Waals surface area contributed by atoms with Crippen molar-refractivity contribution in [3.8, 4) is 17.1 Å². The predicted octanol–water partition coefficient (Wildman–Crippen LogP) is 5.70. The molecule has 0 aliphatic heterocycles. The summed E-state index contributed by atoms with van der Waals surface area (Å²) in [5, 5.41) is 16.0. The molecule has 0 aliphatic rings. The van der Waals surface area contributed by atoms with Crippen LogP contribution in [0.5, 0.6) is 5.75 Å². The number of anilines is 3. The minimum Gasteiger partial charge on any atom is -0.492 e. The lowest BCUT2D eigenvalue weighted by molar-refractivity contribution is 0.342. The molecule has 0 fully saturated rings. The van der Waals surface area contributed by atoms with Crippen molar-refractivity contribution in [2.45, 2.75) is 48.1 Å². The number of benzene rings is 1. The van der Waals surface area contributed by atoms with Gasteiger partial charge in [-0.25, -0.2) is 15.0 Å². The normalized spacial score (nSPS) is 11.6. The van der Waals surface area contributed by atoms with Gasteiger partial charge in [0.25, 0.3) is 0 Å². The van der Waals surface area contributed by atoms with Gasteiger partial charge >= 0.3 is 0 Å². The molecule has 4 aromatic rings. The van der Waals surface area contributed by atoms with Gasteiger partial charge < -0.3 is 19.9 Å². The molecule has 0 saturated carbocycles. The fraction of sp³-hybridized carbons (Fsp3) is 0.400. The molecule has 0 atom stereocenters. The van der Waals surface area contributed by atoms with Gasteiger partial charge in [-0.15, -0.1) is 10.2 Å².